The highest BCUT2D eigenvalue weighted by atomic mass is 19.4. The van der Waals surface area contributed by atoms with Crippen LogP contribution in [0.3, 0.4) is 0 Å². The highest BCUT2D eigenvalue weighted by Crippen LogP contribution is 2.29. The molecule has 1 saturated heterocycles. The first-order valence-corrected chi connectivity index (χ1v) is 9.39. The highest BCUT2D eigenvalue weighted by molar-refractivity contribution is 5.80. The van der Waals surface area contributed by atoms with E-state index in [0.717, 1.165) is 31.8 Å². The van der Waals surface area contributed by atoms with Crippen molar-refractivity contribution >= 4 is 11.6 Å². The summed E-state index contributed by atoms with van der Waals surface area (Å²) in [4.78, 5) is 10.2. The minimum Gasteiger partial charge on any atom is -0.476 e. The van der Waals surface area contributed by atoms with E-state index in [1.807, 2.05) is 18.2 Å². The van der Waals surface area contributed by atoms with Gasteiger partial charge in [0, 0.05) is 44.1 Å². The molecule has 0 aliphatic carbocycles. The van der Waals surface area contributed by atoms with Crippen molar-refractivity contribution < 1.29 is 17.9 Å². The van der Waals surface area contributed by atoms with E-state index in [1.54, 1.807) is 7.05 Å². The summed E-state index contributed by atoms with van der Waals surface area (Å²) in [6.07, 6.45) is -2.63. The fourth-order valence-electron chi connectivity index (χ4n) is 3.10. The van der Waals surface area contributed by atoms with Crippen molar-refractivity contribution in [2.45, 2.75) is 18.6 Å². The van der Waals surface area contributed by atoms with Gasteiger partial charge in [-0.3, -0.25) is 4.99 Å². The van der Waals surface area contributed by atoms with E-state index in [1.165, 1.54) is 11.8 Å². The molecule has 9 heteroatoms. The maximum absolute atomic E-state index is 12.5. The number of nitrogens with one attached hydrogen (secondary N) is 2. The lowest BCUT2D eigenvalue weighted by Crippen LogP contribution is -2.45. The molecular formula is C20H24F3N5O. The number of aromatic nitrogens is 1. The molecule has 2 aromatic rings. The van der Waals surface area contributed by atoms with Crippen LogP contribution in [0.15, 0.2) is 53.7 Å². The third-order valence-corrected chi connectivity index (χ3v) is 4.58. The maximum atomic E-state index is 12.5. The molecule has 1 aliphatic rings. The van der Waals surface area contributed by atoms with E-state index < -0.39 is 11.7 Å². The maximum Gasteiger partial charge on any atom is 0.417 e. The largest absolute Gasteiger partial charge is 0.476 e. The van der Waals surface area contributed by atoms with Gasteiger partial charge in [-0.1, -0.05) is 18.2 Å². The number of aliphatic imine (C=N–C) groups is 1. The first-order chi connectivity index (χ1) is 14.0. The van der Waals surface area contributed by atoms with Crippen molar-refractivity contribution in [3.05, 3.63) is 54.2 Å². The van der Waals surface area contributed by atoms with Crippen LogP contribution in [0.1, 0.15) is 12.0 Å². The summed E-state index contributed by atoms with van der Waals surface area (Å²) in [6.45, 7) is 2.55. The number of alkyl halides is 3. The van der Waals surface area contributed by atoms with Gasteiger partial charge in [-0.05, 0) is 24.6 Å². The van der Waals surface area contributed by atoms with Gasteiger partial charge in [0.15, 0.2) is 5.96 Å². The summed E-state index contributed by atoms with van der Waals surface area (Å²) < 4.78 is 43.0. The number of para-hydroxylation sites is 1. The molecule has 1 aromatic heterocycles. The molecule has 6 nitrogen and oxygen atoms in total. The van der Waals surface area contributed by atoms with Crippen molar-refractivity contribution in [1.29, 1.82) is 0 Å². The number of pyridine rings is 1. The number of hydrogen-bond donors (Lipinski definition) is 2. The molecule has 1 aromatic carbocycles. The predicted molar refractivity (Wildman–Crippen MR) is 106 cm³/mol. The summed E-state index contributed by atoms with van der Waals surface area (Å²) in [5.41, 5.74) is 0.408. The van der Waals surface area contributed by atoms with Gasteiger partial charge in [-0.15, -0.1) is 0 Å². The molecule has 1 atom stereocenters. The van der Waals surface area contributed by atoms with Gasteiger partial charge in [-0.2, -0.15) is 13.2 Å². The van der Waals surface area contributed by atoms with Crippen molar-refractivity contribution in [1.82, 2.24) is 15.6 Å². The monoisotopic (exact) mass is 407 g/mol. The number of guanidine groups is 1. The Kier molecular flexibility index (Phi) is 6.79. The zero-order chi connectivity index (χ0) is 20.7. The van der Waals surface area contributed by atoms with E-state index in [4.69, 9.17) is 4.74 Å². The van der Waals surface area contributed by atoms with Crippen molar-refractivity contribution in [3.63, 3.8) is 0 Å². The van der Waals surface area contributed by atoms with Crippen LogP contribution in [0.4, 0.5) is 18.9 Å². The average Bonchev–Trinajstić information content (AvgIpc) is 3.19. The SMILES string of the molecule is CN=C(NCCOc1ccc(C(F)(F)F)cn1)NC1CCN(c2ccccc2)C1. The lowest BCUT2D eigenvalue weighted by Gasteiger charge is -2.20. The lowest BCUT2D eigenvalue weighted by atomic mass is 10.3. The zero-order valence-electron chi connectivity index (χ0n) is 16.1. The van der Waals surface area contributed by atoms with Gasteiger partial charge in [0.05, 0.1) is 12.1 Å². The Bertz CT molecular complexity index is 796. The second kappa shape index (κ2) is 9.49. The first-order valence-electron chi connectivity index (χ1n) is 9.39. The first kappa shape index (κ1) is 20.8. The Labute approximate surface area is 167 Å². The van der Waals surface area contributed by atoms with Gasteiger partial charge >= 0.3 is 6.18 Å². The number of anilines is 1. The highest BCUT2D eigenvalue weighted by Gasteiger charge is 2.30. The molecule has 0 spiro atoms. The molecule has 1 fully saturated rings. The molecule has 2 heterocycles. The van der Waals surface area contributed by atoms with Crippen LogP contribution < -0.4 is 20.3 Å². The topological polar surface area (TPSA) is 61.8 Å². The minimum atomic E-state index is -4.40. The summed E-state index contributed by atoms with van der Waals surface area (Å²) in [5, 5.41) is 6.53. The van der Waals surface area contributed by atoms with E-state index in [-0.39, 0.29) is 18.5 Å². The van der Waals surface area contributed by atoms with Gasteiger partial charge in [0.1, 0.15) is 6.61 Å². The number of hydrogen-bond acceptors (Lipinski definition) is 4. The number of nitrogens with zero attached hydrogens (tertiary/aromatic N) is 3. The lowest BCUT2D eigenvalue weighted by molar-refractivity contribution is -0.137. The summed E-state index contributed by atoms with van der Waals surface area (Å²) in [6, 6.07) is 12.7. The molecule has 0 amide bonds. The second-order valence-electron chi connectivity index (χ2n) is 6.64. The van der Waals surface area contributed by atoms with Gasteiger partial charge in [0.25, 0.3) is 0 Å². The summed E-state index contributed by atoms with van der Waals surface area (Å²) in [5.74, 6) is 0.811. The molecule has 1 unspecified atom stereocenters. The van der Waals surface area contributed by atoms with Crippen LogP contribution in [0.2, 0.25) is 0 Å². The summed E-state index contributed by atoms with van der Waals surface area (Å²) >= 11 is 0. The van der Waals surface area contributed by atoms with Crippen LogP contribution in [-0.4, -0.2) is 50.3 Å². The second-order valence-corrected chi connectivity index (χ2v) is 6.64. The van der Waals surface area contributed by atoms with Crippen LogP contribution in [0.25, 0.3) is 0 Å². The predicted octanol–water partition coefficient (Wildman–Crippen LogP) is 2.92. The van der Waals surface area contributed by atoms with Crippen LogP contribution >= 0.6 is 0 Å². The van der Waals surface area contributed by atoms with Gasteiger partial charge < -0.3 is 20.3 Å². The molecule has 0 radical (unpaired) electrons. The minimum absolute atomic E-state index is 0.150. The average molecular weight is 407 g/mol. The Morgan fingerprint density at radius 3 is 2.69 bits per heavy atom. The Morgan fingerprint density at radius 2 is 2.03 bits per heavy atom. The van der Waals surface area contributed by atoms with Gasteiger partial charge in [-0.25, -0.2) is 4.98 Å². The molecule has 156 valence electrons. The van der Waals surface area contributed by atoms with Gasteiger partial charge in [0.2, 0.25) is 5.88 Å². The Balaban J connectivity index is 1.39. The molecule has 0 bridgehead atoms. The fourth-order valence-corrected chi connectivity index (χ4v) is 3.10. The number of halogens is 3. The van der Waals surface area contributed by atoms with Crippen molar-refractivity contribution in [3.8, 4) is 5.88 Å². The molecule has 1 aliphatic heterocycles. The number of benzene rings is 1. The third kappa shape index (κ3) is 6.00. The van der Waals surface area contributed by atoms with E-state index in [2.05, 4.69) is 37.6 Å². The summed E-state index contributed by atoms with van der Waals surface area (Å²) in [7, 11) is 1.69. The standard InChI is InChI=1S/C20H24F3N5O/c1-24-19(27-16-9-11-28(14-16)17-5-3-2-4-6-17)25-10-12-29-18-8-7-15(13-26-18)20(21,22)23/h2-8,13,16H,9-12,14H2,1H3,(H2,24,25,27). The van der Waals surface area contributed by atoms with Crippen molar-refractivity contribution in [2.24, 2.45) is 4.99 Å². The molecular weight excluding hydrogens is 383 g/mol. The smallest absolute Gasteiger partial charge is 0.417 e. The normalized spacial score (nSPS) is 17.3. The van der Waals surface area contributed by atoms with Crippen LogP contribution in [0.5, 0.6) is 5.88 Å². The fraction of sp³-hybridized carbons (Fsp3) is 0.400. The Morgan fingerprint density at radius 1 is 1.24 bits per heavy atom. The number of ether oxygens (including phenoxy) is 1. The van der Waals surface area contributed by atoms with Crippen molar-refractivity contribution in [2.75, 3.05) is 38.2 Å². The van der Waals surface area contributed by atoms with E-state index in [0.29, 0.717) is 12.5 Å². The van der Waals surface area contributed by atoms with Crippen LogP contribution in [-0.2, 0) is 6.18 Å². The third-order valence-electron chi connectivity index (χ3n) is 4.58. The number of rotatable bonds is 6. The molecule has 0 saturated carbocycles. The molecule has 29 heavy (non-hydrogen) atoms. The zero-order valence-corrected chi connectivity index (χ0v) is 16.1. The molecule has 3 rings (SSSR count). The molecule has 2 N–H and O–H groups in total. The Hall–Kier alpha value is -2.97. The van der Waals surface area contributed by atoms with E-state index in [9.17, 15) is 13.2 Å². The van der Waals surface area contributed by atoms with E-state index >= 15 is 0 Å². The van der Waals surface area contributed by atoms with Crippen LogP contribution in [0, 0.1) is 0 Å². The quantitative estimate of drug-likeness (QED) is 0.438.